The molecule has 1 saturated carbocycles. The number of aryl methyl sites for hydroxylation is 1. The first-order chi connectivity index (χ1) is 10.6. The minimum absolute atomic E-state index is 0. The zero-order chi connectivity index (χ0) is 15.3. The molecule has 4 rings (SSSR count). The topological polar surface area (TPSA) is 51.0 Å². The lowest BCUT2D eigenvalue weighted by atomic mass is 9.92. The van der Waals surface area contributed by atoms with Crippen LogP contribution in [0.2, 0.25) is 0 Å². The standard InChI is InChI=1S/C16H17F2N3O.ClH/c1-9-8-10(17)2-3-11(9)14-20-15(22-21-14)12-13(18)16(12)4-6-19-7-5-16;/h2-3,8,12-13,19H,4-7H2,1H3;1H. The molecule has 0 radical (unpaired) electrons. The fourth-order valence-corrected chi connectivity index (χ4v) is 3.64. The Morgan fingerprint density at radius 2 is 2.04 bits per heavy atom. The van der Waals surface area contributed by atoms with Gasteiger partial charge in [0.05, 0.1) is 5.92 Å². The van der Waals surface area contributed by atoms with Crippen molar-refractivity contribution in [1.82, 2.24) is 15.5 Å². The lowest BCUT2D eigenvalue weighted by molar-refractivity contribution is 0.276. The molecule has 1 aromatic carbocycles. The van der Waals surface area contributed by atoms with Crippen molar-refractivity contribution in [2.45, 2.75) is 31.9 Å². The van der Waals surface area contributed by atoms with Gasteiger partial charge in [0, 0.05) is 11.0 Å². The molecule has 1 spiro atoms. The van der Waals surface area contributed by atoms with Gasteiger partial charge in [-0.25, -0.2) is 8.78 Å². The Morgan fingerprint density at radius 1 is 1.30 bits per heavy atom. The average Bonchev–Trinajstić information content (AvgIpc) is 2.88. The van der Waals surface area contributed by atoms with Gasteiger partial charge in [-0.2, -0.15) is 4.98 Å². The van der Waals surface area contributed by atoms with Gasteiger partial charge in [0.25, 0.3) is 0 Å². The summed E-state index contributed by atoms with van der Waals surface area (Å²) in [5, 5.41) is 7.21. The first kappa shape index (κ1) is 16.3. The number of hydrogen-bond acceptors (Lipinski definition) is 4. The molecule has 1 saturated heterocycles. The van der Waals surface area contributed by atoms with E-state index >= 15 is 0 Å². The third kappa shape index (κ3) is 2.54. The average molecular weight is 342 g/mol. The van der Waals surface area contributed by atoms with Crippen molar-refractivity contribution in [2.24, 2.45) is 5.41 Å². The number of nitrogens with one attached hydrogen (secondary N) is 1. The van der Waals surface area contributed by atoms with Crippen molar-refractivity contribution in [3.05, 3.63) is 35.5 Å². The molecule has 1 aliphatic carbocycles. The zero-order valence-corrected chi connectivity index (χ0v) is 13.5. The lowest BCUT2D eigenvalue weighted by Gasteiger charge is -2.22. The van der Waals surface area contributed by atoms with Gasteiger partial charge in [-0.1, -0.05) is 5.16 Å². The van der Waals surface area contributed by atoms with Crippen LogP contribution in [0.3, 0.4) is 0 Å². The molecule has 0 amide bonds. The fraction of sp³-hybridized carbons (Fsp3) is 0.500. The Bertz CT molecular complexity index is 715. The van der Waals surface area contributed by atoms with Crippen LogP contribution in [0.5, 0.6) is 0 Å². The zero-order valence-electron chi connectivity index (χ0n) is 12.7. The molecule has 2 atom stereocenters. The van der Waals surface area contributed by atoms with Crippen LogP contribution in [-0.4, -0.2) is 29.4 Å². The SMILES string of the molecule is Cc1cc(F)ccc1-c1noc(C2C(F)C23CCNCC3)n1.Cl. The van der Waals surface area contributed by atoms with Gasteiger partial charge in [0.1, 0.15) is 12.0 Å². The summed E-state index contributed by atoms with van der Waals surface area (Å²) in [6.07, 6.45) is 0.690. The summed E-state index contributed by atoms with van der Waals surface area (Å²) in [6, 6.07) is 4.41. The maximum atomic E-state index is 14.3. The quantitative estimate of drug-likeness (QED) is 0.909. The maximum Gasteiger partial charge on any atom is 0.233 e. The van der Waals surface area contributed by atoms with Crippen molar-refractivity contribution < 1.29 is 13.3 Å². The summed E-state index contributed by atoms with van der Waals surface area (Å²) >= 11 is 0. The summed E-state index contributed by atoms with van der Waals surface area (Å²) in [5.41, 5.74) is 1.12. The van der Waals surface area contributed by atoms with Crippen LogP contribution in [0, 0.1) is 18.2 Å². The molecule has 124 valence electrons. The highest BCUT2D eigenvalue weighted by Crippen LogP contribution is 2.65. The molecule has 1 aliphatic heterocycles. The van der Waals surface area contributed by atoms with Crippen LogP contribution in [0.15, 0.2) is 22.7 Å². The van der Waals surface area contributed by atoms with Gasteiger partial charge < -0.3 is 9.84 Å². The van der Waals surface area contributed by atoms with Crippen LogP contribution in [0.4, 0.5) is 8.78 Å². The van der Waals surface area contributed by atoms with Crippen molar-refractivity contribution in [2.75, 3.05) is 13.1 Å². The van der Waals surface area contributed by atoms with E-state index in [1.807, 2.05) is 0 Å². The molecule has 4 nitrogen and oxygen atoms in total. The third-order valence-corrected chi connectivity index (χ3v) is 5.02. The van der Waals surface area contributed by atoms with Gasteiger partial charge in [-0.15, -0.1) is 12.4 Å². The first-order valence-corrected chi connectivity index (χ1v) is 7.57. The van der Waals surface area contributed by atoms with E-state index in [0.717, 1.165) is 31.5 Å². The number of halogens is 3. The molecule has 2 fully saturated rings. The van der Waals surface area contributed by atoms with Gasteiger partial charge >= 0.3 is 0 Å². The Hall–Kier alpha value is -1.53. The molecule has 1 N–H and O–H groups in total. The molecule has 23 heavy (non-hydrogen) atoms. The minimum Gasteiger partial charge on any atom is -0.339 e. The Kier molecular flexibility index (Phi) is 4.14. The largest absolute Gasteiger partial charge is 0.339 e. The predicted molar refractivity (Wildman–Crippen MR) is 83.9 cm³/mol. The van der Waals surface area contributed by atoms with E-state index in [1.165, 1.54) is 12.1 Å². The number of aromatic nitrogens is 2. The van der Waals surface area contributed by atoms with Crippen LogP contribution >= 0.6 is 12.4 Å². The van der Waals surface area contributed by atoms with E-state index in [-0.39, 0.29) is 29.6 Å². The molecule has 0 bridgehead atoms. The highest BCUT2D eigenvalue weighted by molar-refractivity contribution is 5.85. The second-order valence-electron chi connectivity index (χ2n) is 6.28. The Morgan fingerprint density at radius 3 is 2.74 bits per heavy atom. The van der Waals surface area contributed by atoms with E-state index in [0.29, 0.717) is 17.3 Å². The van der Waals surface area contributed by atoms with Crippen LogP contribution in [0.1, 0.15) is 30.2 Å². The van der Waals surface area contributed by atoms with Gasteiger partial charge in [0.15, 0.2) is 0 Å². The Labute approximate surface area is 139 Å². The molecule has 2 heterocycles. The van der Waals surface area contributed by atoms with Crippen LogP contribution in [-0.2, 0) is 0 Å². The van der Waals surface area contributed by atoms with Gasteiger partial charge in [-0.05, 0) is 56.6 Å². The fourth-order valence-electron chi connectivity index (χ4n) is 3.64. The van der Waals surface area contributed by atoms with E-state index in [4.69, 9.17) is 4.52 Å². The summed E-state index contributed by atoms with van der Waals surface area (Å²) in [7, 11) is 0. The predicted octanol–water partition coefficient (Wildman–Crippen LogP) is 3.41. The summed E-state index contributed by atoms with van der Waals surface area (Å²) < 4.78 is 32.8. The lowest BCUT2D eigenvalue weighted by Crippen LogP contribution is -2.30. The van der Waals surface area contributed by atoms with Gasteiger partial charge in [0.2, 0.25) is 11.7 Å². The highest BCUT2D eigenvalue weighted by atomic mass is 35.5. The number of nitrogens with zero attached hydrogens (tertiary/aromatic N) is 2. The molecular formula is C16H18ClF2N3O. The van der Waals surface area contributed by atoms with Gasteiger partial charge in [-0.3, -0.25) is 0 Å². The van der Waals surface area contributed by atoms with Crippen LogP contribution in [0.25, 0.3) is 11.4 Å². The van der Waals surface area contributed by atoms with E-state index in [9.17, 15) is 8.78 Å². The van der Waals surface area contributed by atoms with Crippen LogP contribution < -0.4 is 5.32 Å². The first-order valence-electron chi connectivity index (χ1n) is 7.57. The van der Waals surface area contributed by atoms with Crippen molar-refractivity contribution in [3.8, 4) is 11.4 Å². The number of benzene rings is 1. The van der Waals surface area contributed by atoms with E-state index < -0.39 is 6.17 Å². The molecular weight excluding hydrogens is 324 g/mol. The normalized spacial score (nSPS) is 25.2. The molecule has 1 aromatic heterocycles. The van der Waals surface area contributed by atoms with Crippen molar-refractivity contribution >= 4 is 12.4 Å². The summed E-state index contributed by atoms with van der Waals surface area (Å²) in [4.78, 5) is 4.37. The second-order valence-corrected chi connectivity index (χ2v) is 6.28. The highest BCUT2D eigenvalue weighted by Gasteiger charge is 2.68. The Balaban J connectivity index is 0.00000156. The third-order valence-electron chi connectivity index (χ3n) is 5.02. The molecule has 7 heteroatoms. The molecule has 2 aliphatic rings. The van der Waals surface area contributed by atoms with E-state index in [1.54, 1.807) is 13.0 Å². The summed E-state index contributed by atoms with van der Waals surface area (Å²) in [6.45, 7) is 3.45. The number of alkyl halides is 1. The summed E-state index contributed by atoms with van der Waals surface area (Å²) in [5.74, 6) is 0.171. The van der Waals surface area contributed by atoms with E-state index in [2.05, 4.69) is 15.5 Å². The molecule has 2 unspecified atom stereocenters. The number of rotatable bonds is 2. The number of hydrogen-bond donors (Lipinski definition) is 1. The van der Waals surface area contributed by atoms with Crippen molar-refractivity contribution in [1.29, 1.82) is 0 Å². The number of piperidine rings is 1. The monoisotopic (exact) mass is 341 g/mol. The minimum atomic E-state index is -0.905. The maximum absolute atomic E-state index is 14.3. The van der Waals surface area contributed by atoms with Crippen molar-refractivity contribution in [3.63, 3.8) is 0 Å². The smallest absolute Gasteiger partial charge is 0.233 e. The molecule has 2 aromatic rings. The second kappa shape index (κ2) is 5.83.